The summed E-state index contributed by atoms with van der Waals surface area (Å²) >= 11 is 0. The van der Waals surface area contributed by atoms with Gasteiger partial charge in [-0.25, -0.2) is 0 Å². The van der Waals surface area contributed by atoms with Crippen molar-refractivity contribution in [2.75, 3.05) is 37.1 Å². The van der Waals surface area contributed by atoms with Gasteiger partial charge in [0.1, 0.15) is 30.7 Å². The Hall–Kier alpha value is -3.51. The maximum atomic E-state index is 9.47. The van der Waals surface area contributed by atoms with Gasteiger partial charge < -0.3 is 29.8 Å². The number of nitrogens with zero attached hydrogens (tertiary/aromatic N) is 3. The minimum Gasteiger partial charge on any atom is -0.486 e. The largest absolute Gasteiger partial charge is 0.486 e. The number of ether oxygens (including phenoxy) is 3. The summed E-state index contributed by atoms with van der Waals surface area (Å²) in [5.41, 5.74) is 1.83. The molecule has 4 heterocycles. The number of rotatable bonds is 4. The maximum absolute atomic E-state index is 9.47. The van der Waals surface area contributed by atoms with Crippen molar-refractivity contribution in [3.63, 3.8) is 0 Å². The van der Waals surface area contributed by atoms with Crippen LogP contribution in [0.4, 0.5) is 17.5 Å². The lowest BCUT2D eigenvalue weighted by atomic mass is 10.1. The van der Waals surface area contributed by atoms with Crippen molar-refractivity contribution >= 4 is 28.5 Å². The fraction of sp³-hybridized carbons (Fsp3) is 0.350. The van der Waals surface area contributed by atoms with Crippen LogP contribution in [0.15, 0.2) is 24.4 Å². The molecule has 0 saturated carbocycles. The highest BCUT2D eigenvalue weighted by atomic mass is 16.6. The molecule has 5 rings (SSSR count). The van der Waals surface area contributed by atoms with Crippen molar-refractivity contribution in [2.45, 2.75) is 18.9 Å². The van der Waals surface area contributed by atoms with Crippen LogP contribution in [-0.4, -0.2) is 47.4 Å². The van der Waals surface area contributed by atoms with Crippen LogP contribution in [0.1, 0.15) is 18.4 Å². The van der Waals surface area contributed by atoms with E-state index in [9.17, 15) is 5.26 Å². The molecule has 0 aliphatic carbocycles. The zero-order valence-electron chi connectivity index (χ0n) is 15.7. The van der Waals surface area contributed by atoms with E-state index in [1.54, 1.807) is 6.20 Å². The molecule has 148 valence electrons. The molecule has 29 heavy (non-hydrogen) atoms. The molecule has 2 aromatic heterocycles. The Morgan fingerprint density at radius 3 is 2.83 bits per heavy atom. The van der Waals surface area contributed by atoms with E-state index < -0.39 is 0 Å². The van der Waals surface area contributed by atoms with E-state index in [0.717, 1.165) is 18.5 Å². The summed E-state index contributed by atoms with van der Waals surface area (Å²) in [5.74, 6) is 2.37. The van der Waals surface area contributed by atoms with Gasteiger partial charge in [0, 0.05) is 25.5 Å². The number of nitriles is 1. The monoisotopic (exact) mass is 392 g/mol. The first kappa shape index (κ1) is 17.6. The minimum absolute atomic E-state index is 0.234. The predicted octanol–water partition coefficient (Wildman–Crippen LogP) is 2.94. The van der Waals surface area contributed by atoms with E-state index in [-0.39, 0.29) is 6.04 Å². The number of para-hydroxylation sites is 1. The SMILES string of the molecule is N#Cc1c[nH]c2nc(Nc3cccc4c3OCCO4)nc(NC3CCOCC3)c12. The average molecular weight is 392 g/mol. The van der Waals surface area contributed by atoms with E-state index >= 15 is 0 Å². The van der Waals surface area contributed by atoms with Crippen LogP contribution in [0.3, 0.4) is 0 Å². The summed E-state index contributed by atoms with van der Waals surface area (Å²) in [4.78, 5) is 12.3. The van der Waals surface area contributed by atoms with Crippen molar-refractivity contribution in [3.8, 4) is 17.6 Å². The van der Waals surface area contributed by atoms with Crippen molar-refractivity contribution in [1.82, 2.24) is 15.0 Å². The lowest BCUT2D eigenvalue weighted by molar-refractivity contribution is 0.0904. The molecule has 1 aromatic carbocycles. The van der Waals surface area contributed by atoms with Crippen molar-refractivity contribution in [2.24, 2.45) is 0 Å². The van der Waals surface area contributed by atoms with Gasteiger partial charge in [0.2, 0.25) is 5.95 Å². The van der Waals surface area contributed by atoms with Gasteiger partial charge in [-0.2, -0.15) is 15.2 Å². The molecule has 0 unspecified atom stereocenters. The predicted molar refractivity (Wildman–Crippen MR) is 107 cm³/mol. The fourth-order valence-corrected chi connectivity index (χ4v) is 3.61. The molecule has 0 bridgehead atoms. The second-order valence-electron chi connectivity index (χ2n) is 6.92. The number of aromatic amines is 1. The Morgan fingerprint density at radius 1 is 1.10 bits per heavy atom. The molecular formula is C20H20N6O3. The van der Waals surface area contributed by atoms with Gasteiger partial charge in [0.05, 0.1) is 16.6 Å². The summed E-state index contributed by atoms with van der Waals surface area (Å²) < 4.78 is 16.8. The zero-order valence-corrected chi connectivity index (χ0v) is 15.7. The summed E-state index contributed by atoms with van der Waals surface area (Å²) in [6.07, 6.45) is 3.43. The van der Waals surface area contributed by atoms with Gasteiger partial charge in [0.25, 0.3) is 0 Å². The van der Waals surface area contributed by atoms with Gasteiger partial charge in [-0.15, -0.1) is 0 Å². The molecule has 0 atom stereocenters. The molecule has 2 aliphatic heterocycles. The second kappa shape index (κ2) is 7.48. The van der Waals surface area contributed by atoms with E-state index in [0.29, 0.717) is 66.3 Å². The summed E-state index contributed by atoms with van der Waals surface area (Å²) in [6, 6.07) is 8.08. The van der Waals surface area contributed by atoms with Crippen LogP contribution in [0.2, 0.25) is 0 Å². The first-order valence-electron chi connectivity index (χ1n) is 9.61. The van der Waals surface area contributed by atoms with E-state index in [1.807, 2.05) is 18.2 Å². The topological polar surface area (TPSA) is 117 Å². The Morgan fingerprint density at radius 2 is 1.97 bits per heavy atom. The Labute approximate surface area is 167 Å². The molecule has 1 fully saturated rings. The van der Waals surface area contributed by atoms with Gasteiger partial charge >= 0.3 is 0 Å². The molecular weight excluding hydrogens is 372 g/mol. The molecule has 0 amide bonds. The Kier molecular flexibility index (Phi) is 4.54. The van der Waals surface area contributed by atoms with Crippen molar-refractivity contribution in [1.29, 1.82) is 5.26 Å². The number of hydrogen-bond acceptors (Lipinski definition) is 8. The Balaban J connectivity index is 1.52. The third kappa shape index (κ3) is 3.39. The highest BCUT2D eigenvalue weighted by Crippen LogP contribution is 2.38. The third-order valence-corrected chi connectivity index (χ3v) is 5.03. The van der Waals surface area contributed by atoms with E-state index in [1.165, 1.54) is 0 Å². The maximum Gasteiger partial charge on any atom is 0.231 e. The lowest BCUT2D eigenvalue weighted by Crippen LogP contribution is -2.28. The van der Waals surface area contributed by atoms with E-state index in [4.69, 9.17) is 14.2 Å². The molecule has 2 aliphatic rings. The van der Waals surface area contributed by atoms with Crippen molar-refractivity contribution < 1.29 is 14.2 Å². The number of fused-ring (bicyclic) bond motifs is 2. The van der Waals surface area contributed by atoms with Crippen molar-refractivity contribution in [3.05, 3.63) is 30.0 Å². The highest BCUT2D eigenvalue weighted by molar-refractivity contribution is 5.93. The normalized spacial score (nSPS) is 16.4. The first-order chi connectivity index (χ1) is 14.3. The first-order valence-corrected chi connectivity index (χ1v) is 9.61. The smallest absolute Gasteiger partial charge is 0.231 e. The van der Waals surface area contributed by atoms with Crippen LogP contribution >= 0.6 is 0 Å². The third-order valence-electron chi connectivity index (χ3n) is 5.03. The van der Waals surface area contributed by atoms with Crippen LogP contribution in [0, 0.1) is 11.3 Å². The quantitative estimate of drug-likeness (QED) is 0.620. The lowest BCUT2D eigenvalue weighted by Gasteiger charge is -2.24. The summed E-state index contributed by atoms with van der Waals surface area (Å²) in [7, 11) is 0. The second-order valence-corrected chi connectivity index (χ2v) is 6.92. The molecule has 9 heteroatoms. The average Bonchev–Trinajstić information content (AvgIpc) is 3.18. The number of H-pyrrole nitrogens is 1. The number of benzene rings is 1. The number of anilines is 3. The summed E-state index contributed by atoms with van der Waals surface area (Å²) in [5, 5.41) is 16.9. The molecule has 0 spiro atoms. The van der Waals surface area contributed by atoms with Gasteiger partial charge in [0.15, 0.2) is 11.5 Å². The highest BCUT2D eigenvalue weighted by Gasteiger charge is 2.21. The Bertz CT molecular complexity index is 1080. The van der Waals surface area contributed by atoms with Gasteiger partial charge in [-0.1, -0.05) is 6.07 Å². The van der Waals surface area contributed by atoms with Crippen LogP contribution in [-0.2, 0) is 4.74 Å². The number of aromatic nitrogens is 3. The minimum atomic E-state index is 0.234. The van der Waals surface area contributed by atoms with Crippen LogP contribution in [0.5, 0.6) is 11.5 Å². The molecule has 1 saturated heterocycles. The number of nitrogens with one attached hydrogen (secondary N) is 3. The fourth-order valence-electron chi connectivity index (χ4n) is 3.61. The molecule has 9 nitrogen and oxygen atoms in total. The molecule has 3 N–H and O–H groups in total. The molecule has 0 radical (unpaired) electrons. The van der Waals surface area contributed by atoms with Crippen LogP contribution < -0.4 is 20.1 Å². The molecule has 3 aromatic rings. The van der Waals surface area contributed by atoms with E-state index in [2.05, 4.69) is 31.7 Å². The van der Waals surface area contributed by atoms with Gasteiger partial charge in [-0.05, 0) is 25.0 Å². The summed E-state index contributed by atoms with van der Waals surface area (Å²) in [6.45, 7) is 2.44. The van der Waals surface area contributed by atoms with Gasteiger partial charge in [-0.3, -0.25) is 0 Å². The standard InChI is InChI=1S/C20H20N6O3/c21-10-12-11-22-18-16(12)19(23-13-4-6-27-7-5-13)26-20(25-18)24-14-2-1-3-15-17(14)29-9-8-28-15/h1-3,11,13H,4-9H2,(H3,22,23,24,25,26). The van der Waals surface area contributed by atoms with Crippen LogP contribution in [0.25, 0.3) is 11.0 Å². The number of hydrogen-bond donors (Lipinski definition) is 3. The zero-order chi connectivity index (χ0) is 19.6.